The second-order valence-corrected chi connectivity index (χ2v) is 6.49. The van der Waals surface area contributed by atoms with Crippen LogP contribution in [0.2, 0.25) is 5.02 Å². The van der Waals surface area contributed by atoms with Gasteiger partial charge in [0.1, 0.15) is 5.82 Å². The van der Waals surface area contributed by atoms with Crippen molar-refractivity contribution in [1.29, 1.82) is 0 Å². The number of hydrogen-bond acceptors (Lipinski definition) is 1. The van der Waals surface area contributed by atoms with Gasteiger partial charge in [0.15, 0.2) is 0 Å². The number of carbonyl (C=O) groups excluding carboxylic acids is 1. The minimum Gasteiger partial charge on any atom is -0.349 e. The Labute approximate surface area is 118 Å². The third kappa shape index (κ3) is 3.69. The maximum Gasteiger partial charge on any atom is 0.254 e. The van der Waals surface area contributed by atoms with Crippen LogP contribution in [0, 0.1) is 11.2 Å². The fourth-order valence-electron chi connectivity index (χ4n) is 2.76. The highest BCUT2D eigenvalue weighted by molar-refractivity contribution is 6.31. The van der Waals surface area contributed by atoms with E-state index in [9.17, 15) is 9.18 Å². The molecule has 1 saturated carbocycles. The van der Waals surface area contributed by atoms with Crippen LogP contribution in [0.25, 0.3) is 0 Å². The van der Waals surface area contributed by atoms with E-state index in [-0.39, 0.29) is 22.9 Å². The molecule has 1 unspecified atom stereocenters. The van der Waals surface area contributed by atoms with Crippen LogP contribution in [0.1, 0.15) is 49.9 Å². The van der Waals surface area contributed by atoms with Crippen LogP contribution in [0.5, 0.6) is 0 Å². The lowest BCUT2D eigenvalue weighted by Crippen LogP contribution is -2.40. The molecule has 1 aliphatic carbocycles. The van der Waals surface area contributed by atoms with E-state index in [0.717, 1.165) is 19.3 Å². The fourth-order valence-corrected chi connectivity index (χ4v) is 2.93. The maximum atomic E-state index is 13.6. The van der Waals surface area contributed by atoms with E-state index in [1.165, 1.54) is 24.6 Å². The molecule has 0 bridgehead atoms. The van der Waals surface area contributed by atoms with Crippen LogP contribution in [0.3, 0.4) is 0 Å². The van der Waals surface area contributed by atoms with Gasteiger partial charge in [-0.1, -0.05) is 31.9 Å². The first-order valence-corrected chi connectivity index (χ1v) is 7.01. The lowest BCUT2D eigenvalue weighted by molar-refractivity contribution is 0.0898. The van der Waals surface area contributed by atoms with Gasteiger partial charge in [-0.15, -0.1) is 0 Å². The van der Waals surface area contributed by atoms with E-state index in [4.69, 9.17) is 11.6 Å². The Morgan fingerprint density at radius 3 is 2.89 bits per heavy atom. The largest absolute Gasteiger partial charge is 0.349 e. The molecule has 1 amide bonds. The van der Waals surface area contributed by atoms with Crippen LogP contribution in [0.15, 0.2) is 18.2 Å². The second kappa shape index (κ2) is 5.49. The molecule has 4 heteroatoms. The van der Waals surface area contributed by atoms with Gasteiger partial charge >= 0.3 is 0 Å². The molecule has 104 valence electrons. The predicted octanol–water partition coefficient (Wildman–Crippen LogP) is 4.18. The standard InChI is InChI=1S/C15H19ClFNO/c1-15(2)7-3-4-11(9-15)18-14(19)12-8-10(16)5-6-13(12)17/h5-6,8,11H,3-4,7,9H2,1-2H3,(H,18,19). The Morgan fingerprint density at radius 2 is 2.21 bits per heavy atom. The van der Waals surface area contributed by atoms with Crippen LogP contribution in [-0.4, -0.2) is 11.9 Å². The van der Waals surface area contributed by atoms with Gasteiger partial charge in [-0.3, -0.25) is 4.79 Å². The quantitative estimate of drug-likeness (QED) is 0.867. The highest BCUT2D eigenvalue weighted by atomic mass is 35.5. The number of halogens is 2. The first kappa shape index (κ1) is 14.3. The Kier molecular flexibility index (Phi) is 4.14. The van der Waals surface area contributed by atoms with Gasteiger partial charge in [-0.25, -0.2) is 4.39 Å². The highest BCUT2D eigenvalue weighted by Crippen LogP contribution is 2.35. The summed E-state index contributed by atoms with van der Waals surface area (Å²) in [6, 6.07) is 4.16. The lowest BCUT2D eigenvalue weighted by Gasteiger charge is -2.35. The summed E-state index contributed by atoms with van der Waals surface area (Å²) in [6.45, 7) is 4.40. The van der Waals surface area contributed by atoms with E-state index in [1.54, 1.807) is 0 Å². The number of benzene rings is 1. The van der Waals surface area contributed by atoms with Crippen molar-refractivity contribution in [2.45, 2.75) is 45.6 Å². The molecule has 1 aromatic carbocycles. The van der Waals surface area contributed by atoms with Crippen LogP contribution < -0.4 is 5.32 Å². The number of carbonyl (C=O) groups is 1. The van der Waals surface area contributed by atoms with Crippen LogP contribution in [0.4, 0.5) is 4.39 Å². The number of hydrogen-bond donors (Lipinski definition) is 1. The van der Waals surface area contributed by atoms with Crippen molar-refractivity contribution in [1.82, 2.24) is 5.32 Å². The number of rotatable bonds is 2. The summed E-state index contributed by atoms with van der Waals surface area (Å²) >= 11 is 5.80. The van der Waals surface area contributed by atoms with Crippen LogP contribution >= 0.6 is 11.6 Å². The topological polar surface area (TPSA) is 29.1 Å². The molecule has 1 fully saturated rings. The van der Waals surface area contributed by atoms with Gasteiger partial charge < -0.3 is 5.32 Å². The normalized spacial score (nSPS) is 22.0. The molecular weight excluding hydrogens is 265 g/mol. The molecule has 1 N–H and O–H groups in total. The predicted molar refractivity (Wildman–Crippen MR) is 74.9 cm³/mol. The maximum absolute atomic E-state index is 13.6. The zero-order chi connectivity index (χ0) is 14.0. The first-order chi connectivity index (χ1) is 8.87. The monoisotopic (exact) mass is 283 g/mol. The van der Waals surface area contributed by atoms with Gasteiger partial charge in [0.05, 0.1) is 5.56 Å². The summed E-state index contributed by atoms with van der Waals surface area (Å²) in [7, 11) is 0. The summed E-state index contributed by atoms with van der Waals surface area (Å²) in [5.41, 5.74) is 0.263. The third-order valence-electron chi connectivity index (χ3n) is 3.71. The zero-order valence-electron chi connectivity index (χ0n) is 11.3. The fraction of sp³-hybridized carbons (Fsp3) is 0.533. The van der Waals surface area contributed by atoms with Crippen molar-refractivity contribution >= 4 is 17.5 Å². The van der Waals surface area contributed by atoms with E-state index in [1.807, 2.05) is 0 Å². The van der Waals surface area contributed by atoms with Gasteiger partial charge in [0.2, 0.25) is 0 Å². The summed E-state index contributed by atoms with van der Waals surface area (Å²) in [4.78, 5) is 12.1. The van der Waals surface area contributed by atoms with Crippen molar-refractivity contribution in [2.75, 3.05) is 0 Å². The zero-order valence-corrected chi connectivity index (χ0v) is 12.1. The molecule has 2 rings (SSSR count). The second-order valence-electron chi connectivity index (χ2n) is 6.06. The summed E-state index contributed by atoms with van der Waals surface area (Å²) in [5, 5.41) is 3.29. The summed E-state index contributed by atoms with van der Waals surface area (Å²) < 4.78 is 13.6. The van der Waals surface area contributed by atoms with Gasteiger partial charge in [-0.2, -0.15) is 0 Å². The van der Waals surface area contributed by atoms with E-state index in [0.29, 0.717) is 5.02 Å². The van der Waals surface area contributed by atoms with Gasteiger partial charge in [-0.05, 0) is 42.9 Å². The number of nitrogens with one attached hydrogen (secondary N) is 1. The minimum atomic E-state index is -0.531. The SMILES string of the molecule is CC1(C)CCCC(NC(=O)c2cc(Cl)ccc2F)C1. The molecule has 0 spiro atoms. The smallest absolute Gasteiger partial charge is 0.254 e. The van der Waals surface area contributed by atoms with Crippen molar-refractivity contribution in [3.63, 3.8) is 0 Å². The Morgan fingerprint density at radius 1 is 1.47 bits per heavy atom. The molecule has 0 aromatic heterocycles. The van der Waals surface area contributed by atoms with Crippen molar-refractivity contribution < 1.29 is 9.18 Å². The molecule has 1 atom stereocenters. The van der Waals surface area contributed by atoms with E-state index in [2.05, 4.69) is 19.2 Å². The third-order valence-corrected chi connectivity index (χ3v) is 3.95. The average molecular weight is 284 g/mol. The molecule has 1 aromatic rings. The molecule has 19 heavy (non-hydrogen) atoms. The minimum absolute atomic E-state index is 0.0240. The van der Waals surface area contributed by atoms with Crippen molar-refractivity contribution in [3.05, 3.63) is 34.6 Å². The molecule has 0 radical (unpaired) electrons. The van der Waals surface area contributed by atoms with Gasteiger partial charge in [0, 0.05) is 11.1 Å². The molecule has 0 heterocycles. The average Bonchev–Trinajstić information content (AvgIpc) is 2.31. The Balaban J connectivity index is 2.06. The Hall–Kier alpha value is -1.09. The molecule has 1 aliphatic rings. The lowest BCUT2D eigenvalue weighted by atomic mass is 9.75. The molecular formula is C15H19ClFNO. The summed E-state index contributed by atoms with van der Waals surface area (Å²) in [5.74, 6) is -0.903. The highest BCUT2D eigenvalue weighted by Gasteiger charge is 2.29. The first-order valence-electron chi connectivity index (χ1n) is 6.63. The van der Waals surface area contributed by atoms with Crippen molar-refractivity contribution in [3.8, 4) is 0 Å². The van der Waals surface area contributed by atoms with E-state index >= 15 is 0 Å². The van der Waals surface area contributed by atoms with Crippen LogP contribution in [-0.2, 0) is 0 Å². The van der Waals surface area contributed by atoms with E-state index < -0.39 is 5.82 Å². The molecule has 0 aliphatic heterocycles. The number of amides is 1. The van der Waals surface area contributed by atoms with Gasteiger partial charge in [0.25, 0.3) is 5.91 Å². The van der Waals surface area contributed by atoms with Crippen molar-refractivity contribution in [2.24, 2.45) is 5.41 Å². The molecule has 2 nitrogen and oxygen atoms in total. The summed E-state index contributed by atoms with van der Waals surface area (Å²) in [6.07, 6.45) is 4.15. The molecule has 0 saturated heterocycles. The Bertz CT molecular complexity index is 487.